The van der Waals surface area contributed by atoms with E-state index in [0.717, 1.165) is 0 Å². The highest BCUT2D eigenvalue weighted by atomic mass is 16.7. The zero-order chi connectivity index (χ0) is 22.8. The molecule has 2 heterocycles. The smallest absolute Gasteiger partial charge is 0.314 e. The summed E-state index contributed by atoms with van der Waals surface area (Å²) in [6.45, 7) is 1.19. The zero-order valence-corrected chi connectivity index (χ0v) is 17.8. The number of benzene rings is 2. The van der Waals surface area contributed by atoms with Gasteiger partial charge in [-0.05, 0) is 35.9 Å². The van der Waals surface area contributed by atoms with Crippen molar-refractivity contribution in [2.75, 3.05) is 27.6 Å². The highest BCUT2D eigenvalue weighted by molar-refractivity contribution is 6.02. The third-order valence-corrected chi connectivity index (χ3v) is 5.46. The number of ether oxygens (including phenoxy) is 6. The lowest BCUT2D eigenvalue weighted by atomic mass is 9.82. The zero-order valence-electron chi connectivity index (χ0n) is 17.8. The van der Waals surface area contributed by atoms with Gasteiger partial charge in [-0.2, -0.15) is 0 Å². The van der Waals surface area contributed by atoms with Crippen molar-refractivity contribution in [1.29, 1.82) is 0 Å². The quantitative estimate of drug-likeness (QED) is 0.472. The minimum atomic E-state index is -1.05. The number of hydrogen-bond donors (Lipinski definition) is 0. The molecule has 32 heavy (non-hydrogen) atoms. The number of carbonyl (C=O) groups is 3. The maximum Gasteiger partial charge on any atom is 0.314 e. The van der Waals surface area contributed by atoms with E-state index in [0.29, 0.717) is 34.1 Å². The van der Waals surface area contributed by atoms with E-state index in [4.69, 9.17) is 28.4 Å². The molecule has 168 valence electrons. The van der Waals surface area contributed by atoms with E-state index in [1.165, 1.54) is 21.1 Å². The van der Waals surface area contributed by atoms with Crippen LogP contribution in [-0.4, -0.2) is 45.3 Å². The van der Waals surface area contributed by atoms with Crippen molar-refractivity contribution in [3.63, 3.8) is 0 Å². The minimum absolute atomic E-state index is 0.0778. The fourth-order valence-electron chi connectivity index (χ4n) is 3.93. The first-order valence-corrected chi connectivity index (χ1v) is 9.92. The predicted molar refractivity (Wildman–Crippen MR) is 109 cm³/mol. The molecule has 2 aliphatic heterocycles. The molecule has 0 spiro atoms. The average Bonchev–Trinajstić information content (AvgIpc) is 3.42. The summed E-state index contributed by atoms with van der Waals surface area (Å²) in [6, 6.07) is 9.72. The second-order valence-electron chi connectivity index (χ2n) is 7.34. The van der Waals surface area contributed by atoms with Gasteiger partial charge < -0.3 is 28.4 Å². The number of esters is 2. The first-order valence-electron chi connectivity index (χ1n) is 9.92. The minimum Gasteiger partial charge on any atom is -0.493 e. The number of Topliss-reactive ketones (excluding diaryl/α,β-unsaturated/α-hetero) is 1. The fourth-order valence-corrected chi connectivity index (χ4v) is 3.93. The van der Waals surface area contributed by atoms with Gasteiger partial charge in [0.25, 0.3) is 0 Å². The van der Waals surface area contributed by atoms with Gasteiger partial charge in [-0.1, -0.05) is 6.07 Å². The summed E-state index contributed by atoms with van der Waals surface area (Å²) in [5, 5.41) is 0. The number of cyclic esters (lactones) is 1. The SMILES string of the molecule is COc1ccc([C@@H](OC(C)=O)[C@@H]2C(=O)OC[C@H]2C(=O)c2ccc3c(c2)OCO3)cc1OC. The number of fused-ring (bicyclic) bond motifs is 1. The van der Waals surface area contributed by atoms with Crippen LogP contribution in [0.15, 0.2) is 36.4 Å². The standard InChI is InChI=1S/C23H22O9/c1-12(24)32-22(14-5-6-16(27-2)18(9-14)28-3)20-15(10-29-23(20)26)21(25)13-4-7-17-19(8-13)31-11-30-17/h4-9,15,20,22H,10-11H2,1-3H3/t15-,20-,22-/m1/s1. The summed E-state index contributed by atoms with van der Waals surface area (Å²) in [6.07, 6.45) is -1.05. The van der Waals surface area contributed by atoms with Crippen LogP contribution in [-0.2, 0) is 19.1 Å². The van der Waals surface area contributed by atoms with E-state index < -0.39 is 29.9 Å². The van der Waals surface area contributed by atoms with Gasteiger partial charge in [0.1, 0.15) is 18.6 Å². The number of ketones is 1. The molecule has 1 saturated heterocycles. The molecule has 0 N–H and O–H groups in total. The Bertz CT molecular complexity index is 1060. The van der Waals surface area contributed by atoms with Gasteiger partial charge >= 0.3 is 11.9 Å². The van der Waals surface area contributed by atoms with Crippen molar-refractivity contribution < 1.29 is 42.8 Å². The van der Waals surface area contributed by atoms with Crippen molar-refractivity contribution in [2.24, 2.45) is 11.8 Å². The molecule has 3 atom stereocenters. The molecular formula is C23H22O9. The molecule has 9 heteroatoms. The van der Waals surface area contributed by atoms with Gasteiger partial charge in [-0.3, -0.25) is 14.4 Å². The van der Waals surface area contributed by atoms with Gasteiger partial charge in [0.2, 0.25) is 6.79 Å². The Hall–Kier alpha value is -3.75. The summed E-state index contributed by atoms with van der Waals surface area (Å²) in [4.78, 5) is 37.9. The van der Waals surface area contributed by atoms with E-state index >= 15 is 0 Å². The summed E-state index contributed by atoms with van der Waals surface area (Å²) < 4.78 is 32.0. The van der Waals surface area contributed by atoms with Crippen molar-refractivity contribution in [3.05, 3.63) is 47.5 Å². The van der Waals surface area contributed by atoms with Crippen LogP contribution in [0.2, 0.25) is 0 Å². The Morgan fingerprint density at radius 3 is 2.44 bits per heavy atom. The highest BCUT2D eigenvalue weighted by Crippen LogP contribution is 2.42. The van der Waals surface area contributed by atoms with Crippen LogP contribution in [0, 0.1) is 11.8 Å². The maximum absolute atomic E-state index is 13.3. The van der Waals surface area contributed by atoms with Crippen LogP contribution in [0.3, 0.4) is 0 Å². The topological polar surface area (TPSA) is 107 Å². The molecule has 2 aromatic rings. The lowest BCUT2D eigenvalue weighted by molar-refractivity contribution is -0.155. The molecule has 9 nitrogen and oxygen atoms in total. The fraction of sp³-hybridized carbons (Fsp3) is 0.348. The van der Waals surface area contributed by atoms with Crippen LogP contribution in [0.1, 0.15) is 28.9 Å². The molecule has 2 aromatic carbocycles. The Labute approximate surface area is 184 Å². The van der Waals surface area contributed by atoms with Gasteiger partial charge in [0, 0.05) is 12.5 Å². The number of rotatable bonds is 7. The van der Waals surface area contributed by atoms with Gasteiger partial charge in [-0.25, -0.2) is 0 Å². The van der Waals surface area contributed by atoms with Crippen LogP contribution in [0.25, 0.3) is 0 Å². The molecule has 0 bridgehead atoms. The molecule has 4 rings (SSSR count). The normalized spacial score (nSPS) is 19.8. The number of methoxy groups -OCH3 is 2. The average molecular weight is 442 g/mol. The number of hydrogen-bond acceptors (Lipinski definition) is 9. The van der Waals surface area contributed by atoms with Crippen molar-refractivity contribution >= 4 is 17.7 Å². The van der Waals surface area contributed by atoms with E-state index in [1.807, 2.05) is 0 Å². The summed E-state index contributed by atoms with van der Waals surface area (Å²) in [5.41, 5.74) is 0.821. The maximum atomic E-state index is 13.3. The van der Waals surface area contributed by atoms with Crippen LogP contribution < -0.4 is 18.9 Å². The van der Waals surface area contributed by atoms with Gasteiger partial charge in [0.05, 0.1) is 20.1 Å². The Morgan fingerprint density at radius 1 is 0.969 bits per heavy atom. The van der Waals surface area contributed by atoms with E-state index in [-0.39, 0.29) is 19.2 Å². The second-order valence-corrected chi connectivity index (χ2v) is 7.34. The predicted octanol–water partition coefficient (Wildman–Crippen LogP) is 2.71. The Kier molecular flexibility index (Phi) is 5.89. The highest BCUT2D eigenvalue weighted by Gasteiger charge is 2.48. The lowest BCUT2D eigenvalue weighted by Crippen LogP contribution is -2.32. The Balaban J connectivity index is 1.70. The molecule has 0 radical (unpaired) electrons. The molecule has 0 unspecified atom stereocenters. The van der Waals surface area contributed by atoms with Crippen LogP contribution in [0.5, 0.6) is 23.0 Å². The van der Waals surface area contributed by atoms with Crippen LogP contribution in [0.4, 0.5) is 0 Å². The summed E-state index contributed by atoms with van der Waals surface area (Å²) in [5.74, 6) is -1.57. The van der Waals surface area contributed by atoms with E-state index in [9.17, 15) is 14.4 Å². The molecule has 0 aromatic heterocycles. The largest absolute Gasteiger partial charge is 0.493 e. The number of carbonyl (C=O) groups excluding carboxylic acids is 3. The first-order chi connectivity index (χ1) is 15.4. The molecular weight excluding hydrogens is 420 g/mol. The third kappa shape index (κ3) is 3.93. The molecule has 1 fully saturated rings. The third-order valence-electron chi connectivity index (χ3n) is 5.46. The molecule has 0 saturated carbocycles. The summed E-state index contributed by atoms with van der Waals surface area (Å²) >= 11 is 0. The lowest BCUT2D eigenvalue weighted by Gasteiger charge is -2.25. The first kappa shape index (κ1) is 21.5. The second kappa shape index (κ2) is 8.78. The van der Waals surface area contributed by atoms with Crippen molar-refractivity contribution in [2.45, 2.75) is 13.0 Å². The molecule has 2 aliphatic rings. The molecule has 0 amide bonds. The van der Waals surface area contributed by atoms with Crippen molar-refractivity contribution in [3.8, 4) is 23.0 Å². The monoisotopic (exact) mass is 442 g/mol. The van der Waals surface area contributed by atoms with Crippen molar-refractivity contribution in [1.82, 2.24) is 0 Å². The van der Waals surface area contributed by atoms with E-state index in [1.54, 1.807) is 36.4 Å². The van der Waals surface area contributed by atoms with E-state index in [2.05, 4.69) is 0 Å². The van der Waals surface area contributed by atoms with Gasteiger partial charge in [0.15, 0.2) is 28.8 Å². The molecule has 0 aliphatic carbocycles. The summed E-state index contributed by atoms with van der Waals surface area (Å²) in [7, 11) is 2.97. The van der Waals surface area contributed by atoms with Crippen LogP contribution >= 0.6 is 0 Å². The van der Waals surface area contributed by atoms with Gasteiger partial charge in [-0.15, -0.1) is 0 Å². The Morgan fingerprint density at radius 2 is 1.72 bits per heavy atom.